The van der Waals surface area contributed by atoms with Gasteiger partial charge in [0, 0.05) is 13.1 Å². The Morgan fingerprint density at radius 1 is 1.21 bits per heavy atom. The maximum Gasteiger partial charge on any atom is 0.435 e. The van der Waals surface area contributed by atoms with E-state index in [1.165, 1.54) is 0 Å². The van der Waals surface area contributed by atoms with Crippen molar-refractivity contribution in [3.63, 3.8) is 0 Å². The number of imide groups is 1. The standard InChI is InChI=1S/C21H28N2O6/c1-20(2,3)29-19(27)23(18(26)28-13-15-8-5-4-6-9-15)22-11-7-10-21(14-22)12-16(21)17(24)25/h4-6,8-9,16H,7,10-14H2,1-3H3,(H,24,25). The van der Waals surface area contributed by atoms with E-state index in [1.54, 1.807) is 25.8 Å². The third kappa shape index (κ3) is 5.06. The highest BCUT2D eigenvalue weighted by Gasteiger charge is 2.60. The SMILES string of the molecule is CC(C)(C)OC(=O)N(C(=O)OCc1ccccc1)N1CCCC2(CC2C(=O)O)C1. The van der Waals surface area contributed by atoms with Crippen molar-refractivity contribution in [3.05, 3.63) is 35.9 Å². The number of piperidine rings is 1. The summed E-state index contributed by atoms with van der Waals surface area (Å²) in [4.78, 5) is 37.0. The van der Waals surface area contributed by atoms with Crippen molar-refractivity contribution in [1.29, 1.82) is 0 Å². The Balaban J connectivity index is 1.74. The zero-order valence-electron chi connectivity index (χ0n) is 17.1. The number of amides is 2. The number of hydrogen-bond acceptors (Lipinski definition) is 6. The monoisotopic (exact) mass is 404 g/mol. The summed E-state index contributed by atoms with van der Waals surface area (Å²) >= 11 is 0. The average Bonchev–Trinajstić information content (AvgIpc) is 3.33. The van der Waals surface area contributed by atoms with Crippen molar-refractivity contribution >= 4 is 18.2 Å². The highest BCUT2D eigenvalue weighted by Crippen LogP contribution is 2.58. The van der Waals surface area contributed by atoms with Crippen LogP contribution in [0.1, 0.15) is 45.6 Å². The van der Waals surface area contributed by atoms with Gasteiger partial charge in [-0.2, -0.15) is 0 Å². The van der Waals surface area contributed by atoms with Crippen LogP contribution in [0.3, 0.4) is 0 Å². The van der Waals surface area contributed by atoms with E-state index in [4.69, 9.17) is 9.47 Å². The summed E-state index contributed by atoms with van der Waals surface area (Å²) in [6, 6.07) is 9.18. The molecule has 1 aliphatic heterocycles. The van der Waals surface area contributed by atoms with Gasteiger partial charge in [-0.15, -0.1) is 5.01 Å². The second kappa shape index (κ2) is 8.02. The van der Waals surface area contributed by atoms with Gasteiger partial charge in [0.1, 0.15) is 12.2 Å². The summed E-state index contributed by atoms with van der Waals surface area (Å²) in [7, 11) is 0. The van der Waals surface area contributed by atoms with Gasteiger partial charge in [0.05, 0.1) is 5.92 Å². The van der Waals surface area contributed by atoms with Crippen LogP contribution >= 0.6 is 0 Å². The summed E-state index contributed by atoms with van der Waals surface area (Å²) in [6.07, 6.45) is 0.365. The first kappa shape index (κ1) is 21.1. The molecule has 1 spiro atoms. The van der Waals surface area contributed by atoms with E-state index < -0.39 is 35.1 Å². The predicted octanol–water partition coefficient (Wildman–Crippen LogP) is 3.66. The number of carboxylic acids is 1. The lowest BCUT2D eigenvalue weighted by molar-refractivity contribution is -0.140. The number of benzene rings is 1. The number of carboxylic acid groups (broad SMARTS) is 1. The van der Waals surface area contributed by atoms with E-state index in [9.17, 15) is 19.5 Å². The molecule has 1 saturated heterocycles. The van der Waals surface area contributed by atoms with Crippen LogP contribution in [-0.2, 0) is 20.9 Å². The molecule has 2 fully saturated rings. The van der Waals surface area contributed by atoms with Crippen LogP contribution in [0.5, 0.6) is 0 Å². The minimum atomic E-state index is -0.831. The molecule has 2 aliphatic rings. The fourth-order valence-corrected chi connectivity index (χ4v) is 3.84. The quantitative estimate of drug-likeness (QED) is 0.818. The van der Waals surface area contributed by atoms with Gasteiger partial charge in [-0.25, -0.2) is 14.6 Å². The van der Waals surface area contributed by atoms with Gasteiger partial charge in [-0.1, -0.05) is 30.3 Å². The Kier molecular flexibility index (Phi) is 5.84. The molecule has 1 aliphatic carbocycles. The normalized spacial score (nSPS) is 24.0. The van der Waals surface area contributed by atoms with Crippen molar-refractivity contribution < 1.29 is 29.0 Å². The first-order valence-corrected chi connectivity index (χ1v) is 9.83. The van der Waals surface area contributed by atoms with E-state index in [0.29, 0.717) is 25.9 Å². The molecule has 0 bridgehead atoms. The lowest BCUT2D eigenvalue weighted by atomic mass is 9.93. The smallest absolute Gasteiger partial charge is 0.435 e. The van der Waals surface area contributed by atoms with Crippen LogP contribution in [0.25, 0.3) is 0 Å². The number of ether oxygens (including phenoxy) is 2. The first-order chi connectivity index (χ1) is 13.6. The Morgan fingerprint density at radius 2 is 1.90 bits per heavy atom. The molecule has 2 unspecified atom stereocenters. The molecule has 2 amide bonds. The van der Waals surface area contributed by atoms with Crippen molar-refractivity contribution in [2.24, 2.45) is 11.3 Å². The number of carbonyl (C=O) groups excluding carboxylic acids is 2. The number of hydrogen-bond donors (Lipinski definition) is 1. The number of rotatable bonds is 4. The number of carbonyl (C=O) groups is 3. The van der Waals surface area contributed by atoms with Crippen molar-refractivity contribution in [2.45, 2.75) is 52.2 Å². The van der Waals surface area contributed by atoms with Gasteiger partial charge in [0.2, 0.25) is 0 Å². The third-order valence-corrected chi connectivity index (χ3v) is 5.30. The summed E-state index contributed by atoms with van der Waals surface area (Å²) in [5.41, 5.74) is -0.385. The van der Waals surface area contributed by atoms with Crippen molar-refractivity contribution in [3.8, 4) is 0 Å². The van der Waals surface area contributed by atoms with Crippen LogP contribution in [-0.4, -0.2) is 52.0 Å². The molecule has 1 N–H and O–H groups in total. The minimum Gasteiger partial charge on any atom is -0.481 e. The van der Waals surface area contributed by atoms with Crippen LogP contribution in [0.4, 0.5) is 9.59 Å². The van der Waals surface area contributed by atoms with Crippen LogP contribution in [0.15, 0.2) is 30.3 Å². The molecule has 1 heterocycles. The van der Waals surface area contributed by atoms with Crippen LogP contribution in [0, 0.1) is 11.3 Å². The lowest BCUT2D eigenvalue weighted by Gasteiger charge is -2.39. The second-order valence-corrected chi connectivity index (χ2v) is 8.78. The molecule has 1 aromatic rings. The van der Waals surface area contributed by atoms with Gasteiger partial charge in [0.15, 0.2) is 0 Å². The molecule has 1 aromatic carbocycles. The van der Waals surface area contributed by atoms with Crippen molar-refractivity contribution in [1.82, 2.24) is 10.0 Å². The highest BCUT2D eigenvalue weighted by molar-refractivity contribution is 5.87. The van der Waals surface area contributed by atoms with E-state index >= 15 is 0 Å². The summed E-state index contributed by atoms with van der Waals surface area (Å²) in [5, 5.41) is 11.8. The van der Waals surface area contributed by atoms with Gasteiger partial charge in [-0.05, 0) is 51.0 Å². The number of aliphatic carboxylic acids is 1. The Labute approximate surface area is 170 Å². The Morgan fingerprint density at radius 3 is 2.48 bits per heavy atom. The topological polar surface area (TPSA) is 96.4 Å². The van der Waals surface area contributed by atoms with E-state index in [-0.39, 0.29) is 6.61 Å². The maximum absolute atomic E-state index is 12.8. The fourth-order valence-electron chi connectivity index (χ4n) is 3.84. The molecule has 29 heavy (non-hydrogen) atoms. The lowest BCUT2D eigenvalue weighted by Crippen LogP contribution is -2.55. The number of nitrogens with zero attached hydrogens (tertiary/aromatic N) is 2. The van der Waals surface area contributed by atoms with E-state index in [1.807, 2.05) is 30.3 Å². The largest absolute Gasteiger partial charge is 0.481 e. The molecular formula is C21H28N2O6. The average molecular weight is 404 g/mol. The van der Waals surface area contributed by atoms with Gasteiger partial charge >= 0.3 is 18.2 Å². The Hall–Kier alpha value is -2.61. The van der Waals surface area contributed by atoms with Crippen LogP contribution in [0.2, 0.25) is 0 Å². The highest BCUT2D eigenvalue weighted by atomic mass is 16.6. The summed E-state index contributed by atoms with van der Waals surface area (Å²) < 4.78 is 10.8. The molecule has 8 heteroatoms. The predicted molar refractivity (Wildman–Crippen MR) is 104 cm³/mol. The summed E-state index contributed by atoms with van der Waals surface area (Å²) in [6.45, 7) is 5.94. The van der Waals surface area contributed by atoms with Gasteiger partial charge < -0.3 is 14.6 Å². The molecule has 0 radical (unpaired) electrons. The molecule has 158 valence electrons. The fraction of sp³-hybridized carbons (Fsp3) is 0.571. The maximum atomic E-state index is 12.8. The Bertz CT molecular complexity index is 775. The molecule has 0 aromatic heterocycles. The number of hydrazine groups is 1. The third-order valence-electron chi connectivity index (χ3n) is 5.30. The van der Waals surface area contributed by atoms with Gasteiger partial charge in [-0.3, -0.25) is 4.79 Å². The zero-order valence-corrected chi connectivity index (χ0v) is 17.1. The zero-order chi connectivity index (χ0) is 21.2. The molecule has 1 saturated carbocycles. The molecule has 8 nitrogen and oxygen atoms in total. The molecular weight excluding hydrogens is 376 g/mol. The van der Waals surface area contributed by atoms with E-state index in [2.05, 4.69) is 0 Å². The summed E-state index contributed by atoms with van der Waals surface area (Å²) in [5.74, 6) is -1.27. The molecule has 2 atom stereocenters. The van der Waals surface area contributed by atoms with Crippen LogP contribution < -0.4 is 0 Å². The second-order valence-electron chi connectivity index (χ2n) is 8.78. The minimum absolute atomic E-state index is 0.0235. The first-order valence-electron chi connectivity index (χ1n) is 9.83. The van der Waals surface area contributed by atoms with Crippen molar-refractivity contribution in [2.75, 3.05) is 13.1 Å². The molecule has 3 rings (SSSR count). The van der Waals surface area contributed by atoms with Gasteiger partial charge in [0.25, 0.3) is 0 Å². The van der Waals surface area contributed by atoms with E-state index in [0.717, 1.165) is 17.0 Å².